The topological polar surface area (TPSA) is 88.1 Å². The number of halogens is 1. The summed E-state index contributed by atoms with van der Waals surface area (Å²) in [7, 11) is -2.27. The van der Waals surface area contributed by atoms with Gasteiger partial charge in [-0.05, 0) is 84.2 Å². The summed E-state index contributed by atoms with van der Waals surface area (Å²) in [5.74, 6) is -2.71. The fraction of sp³-hybridized carbons (Fsp3) is 0.759. The number of esters is 1. The number of hydrogen-bond acceptors (Lipinski definition) is 7. The van der Waals surface area contributed by atoms with Crippen molar-refractivity contribution < 1.29 is 37.4 Å². The van der Waals surface area contributed by atoms with Crippen molar-refractivity contribution in [1.82, 2.24) is 0 Å². The smallest absolute Gasteiger partial charge is 0.303 e. The lowest BCUT2D eigenvalue weighted by Crippen LogP contribution is -2.71. The Bertz CT molecular complexity index is 1140. The summed E-state index contributed by atoms with van der Waals surface area (Å²) in [5.41, 5.74) is -4.19. The summed E-state index contributed by atoms with van der Waals surface area (Å²) >= 11 is 0. The summed E-state index contributed by atoms with van der Waals surface area (Å²) < 4.78 is 43.0. The first-order chi connectivity index (χ1) is 17.4. The zero-order chi connectivity index (χ0) is 28.1. The predicted molar refractivity (Wildman–Crippen MR) is 140 cm³/mol. The first-order valence-electron chi connectivity index (χ1n) is 13.8. The lowest BCUT2D eigenvalue weighted by Gasteiger charge is -2.64. The monoisotopic (exact) mass is 548 g/mol. The molecular weight excluding hydrogens is 507 g/mol. The highest BCUT2D eigenvalue weighted by Gasteiger charge is 2.80. The van der Waals surface area contributed by atoms with Gasteiger partial charge in [0.25, 0.3) is 0 Å². The van der Waals surface area contributed by atoms with E-state index < -0.39 is 66.9 Å². The lowest BCUT2D eigenvalue weighted by atomic mass is 9.44. The third-order valence-corrected chi connectivity index (χ3v) is 10.9. The Labute approximate surface area is 225 Å². The van der Waals surface area contributed by atoms with Crippen LogP contribution in [0.2, 0.25) is 19.6 Å². The van der Waals surface area contributed by atoms with Crippen molar-refractivity contribution in [1.29, 1.82) is 0 Å². The van der Waals surface area contributed by atoms with Crippen LogP contribution in [0.3, 0.4) is 0 Å². The summed E-state index contributed by atoms with van der Waals surface area (Å²) in [6.07, 6.45) is 5.24. The molecule has 1 aliphatic heterocycles. The van der Waals surface area contributed by atoms with Crippen LogP contribution >= 0.6 is 0 Å². The average Bonchev–Trinajstić information content (AvgIpc) is 3.18. The minimum Gasteiger partial charge on any atom is -0.458 e. The maximum Gasteiger partial charge on any atom is 0.303 e. The Morgan fingerprint density at radius 2 is 1.84 bits per heavy atom. The van der Waals surface area contributed by atoms with Crippen LogP contribution in [-0.4, -0.2) is 61.7 Å². The fourth-order valence-electron chi connectivity index (χ4n) is 8.60. The number of carbonyl (C=O) groups excluding carboxylic acids is 3. The van der Waals surface area contributed by atoms with Crippen LogP contribution in [0.15, 0.2) is 23.8 Å². The first-order valence-corrected chi connectivity index (χ1v) is 17.2. The third kappa shape index (κ3) is 3.71. The van der Waals surface area contributed by atoms with Crippen LogP contribution in [0.1, 0.15) is 60.3 Å². The molecule has 4 aliphatic carbocycles. The first kappa shape index (κ1) is 27.9. The Morgan fingerprint density at radius 3 is 2.47 bits per heavy atom. The highest BCUT2D eigenvalue weighted by atomic mass is 28.4. The number of carbonyl (C=O) groups is 3. The largest absolute Gasteiger partial charge is 0.458 e. The van der Waals surface area contributed by atoms with Gasteiger partial charge in [0.15, 0.2) is 37.8 Å². The normalized spacial score (nSPS) is 45.0. The highest BCUT2D eigenvalue weighted by Crippen LogP contribution is 2.73. The number of ketones is 2. The van der Waals surface area contributed by atoms with Crippen LogP contribution in [-0.2, 0) is 33.0 Å². The molecule has 0 N–H and O–H groups in total. The average molecular weight is 549 g/mol. The van der Waals surface area contributed by atoms with E-state index >= 15 is 4.39 Å². The second kappa shape index (κ2) is 8.41. The number of fused-ring (bicyclic) bond motifs is 7. The van der Waals surface area contributed by atoms with Gasteiger partial charge in [0.2, 0.25) is 5.78 Å². The van der Waals surface area contributed by atoms with Crippen molar-refractivity contribution in [2.24, 2.45) is 22.7 Å². The third-order valence-electron chi connectivity index (χ3n) is 9.93. The molecule has 0 spiro atoms. The van der Waals surface area contributed by atoms with Crippen molar-refractivity contribution in [3.8, 4) is 0 Å². The molecule has 0 aromatic rings. The van der Waals surface area contributed by atoms with Gasteiger partial charge in [-0.3, -0.25) is 14.4 Å². The van der Waals surface area contributed by atoms with Crippen molar-refractivity contribution >= 4 is 25.9 Å². The van der Waals surface area contributed by atoms with E-state index in [2.05, 4.69) is 0 Å². The number of allylic oxidation sites excluding steroid dienone is 4. The van der Waals surface area contributed by atoms with Crippen molar-refractivity contribution in [3.05, 3.63) is 23.8 Å². The molecule has 0 bridgehead atoms. The van der Waals surface area contributed by atoms with Gasteiger partial charge in [-0.2, -0.15) is 0 Å². The van der Waals surface area contributed by atoms with Gasteiger partial charge in [-0.15, -0.1) is 0 Å². The van der Waals surface area contributed by atoms with E-state index in [-0.39, 0.29) is 23.9 Å². The second-order valence-electron chi connectivity index (χ2n) is 13.8. The van der Waals surface area contributed by atoms with Gasteiger partial charge < -0.3 is 18.6 Å². The molecule has 0 aromatic carbocycles. The minimum atomic E-state index is -2.27. The zero-order valence-corrected chi connectivity index (χ0v) is 24.8. The summed E-state index contributed by atoms with van der Waals surface area (Å²) in [5, 5.41) is 0. The quantitative estimate of drug-likeness (QED) is 0.359. The number of rotatable bonds is 5. The Hall–Kier alpha value is -1.68. The Kier molecular flexibility index (Phi) is 6.17. The molecule has 5 rings (SSSR count). The summed E-state index contributed by atoms with van der Waals surface area (Å²) in [4.78, 5) is 37.9. The molecular formula is C29H41FO7Si. The van der Waals surface area contributed by atoms with Crippen molar-refractivity contribution in [2.45, 2.75) is 109 Å². The molecule has 8 atom stereocenters. The second-order valence-corrected chi connectivity index (χ2v) is 18.2. The van der Waals surface area contributed by atoms with E-state index in [1.807, 2.05) is 33.5 Å². The van der Waals surface area contributed by atoms with Crippen molar-refractivity contribution in [2.75, 3.05) is 6.61 Å². The predicted octanol–water partition coefficient (Wildman–Crippen LogP) is 4.85. The van der Waals surface area contributed by atoms with Gasteiger partial charge >= 0.3 is 5.97 Å². The van der Waals surface area contributed by atoms with Gasteiger partial charge in [0.05, 0.1) is 12.2 Å². The van der Waals surface area contributed by atoms with E-state index in [9.17, 15) is 14.4 Å². The van der Waals surface area contributed by atoms with Gasteiger partial charge in [0.1, 0.15) is 0 Å². The molecule has 0 unspecified atom stereocenters. The van der Waals surface area contributed by atoms with E-state index in [4.69, 9.17) is 18.6 Å². The molecule has 0 aromatic heterocycles. The minimum absolute atomic E-state index is 0.114. The van der Waals surface area contributed by atoms with E-state index in [0.29, 0.717) is 19.3 Å². The molecule has 0 radical (unpaired) electrons. The van der Waals surface area contributed by atoms with Crippen LogP contribution in [0.4, 0.5) is 4.39 Å². The van der Waals surface area contributed by atoms with Crippen LogP contribution in [0.25, 0.3) is 0 Å². The van der Waals surface area contributed by atoms with Crippen LogP contribution in [0, 0.1) is 22.7 Å². The standard InChI is InChI=1S/C29H41FO7Si/c1-17(31)34-16-22(33)29-23(35-25(2,3)37-29)14-21-20-10-9-18-13-19(32)11-12-26(18,4)28(20,30)24(15-27(21,29)5)36-38(6,7)8/h11-13,20-21,23-24H,9-10,14-16H2,1-8H3/t20-,21-,23+,24-,26-,27-,28-,29+/m0/s1. The Morgan fingerprint density at radius 1 is 1.16 bits per heavy atom. The summed E-state index contributed by atoms with van der Waals surface area (Å²) in [6.45, 7) is 14.4. The maximum absolute atomic E-state index is 18.2. The van der Waals surface area contributed by atoms with Gasteiger partial charge in [0, 0.05) is 23.7 Å². The molecule has 7 nitrogen and oxygen atoms in total. The van der Waals surface area contributed by atoms with Crippen molar-refractivity contribution in [3.63, 3.8) is 0 Å². The Balaban J connectivity index is 1.66. The molecule has 210 valence electrons. The van der Waals surface area contributed by atoms with Crippen LogP contribution < -0.4 is 0 Å². The SMILES string of the molecule is CC(=O)OCC(=O)[C@@]12OC(C)(C)O[C@@H]1C[C@H]1[C@@H]3CCC4=CC(=O)C=C[C@]4(C)[C@@]3(F)[C@@H](O[Si](C)(C)C)C[C@@]12C. The number of ether oxygens (including phenoxy) is 3. The molecule has 1 heterocycles. The molecule has 9 heteroatoms. The van der Waals surface area contributed by atoms with Gasteiger partial charge in [-0.1, -0.05) is 18.6 Å². The number of hydrogen-bond donors (Lipinski definition) is 0. The van der Waals surface area contributed by atoms with E-state index in [1.165, 1.54) is 13.0 Å². The van der Waals surface area contributed by atoms with Crippen LogP contribution in [0.5, 0.6) is 0 Å². The number of alkyl halides is 1. The van der Waals surface area contributed by atoms with Gasteiger partial charge in [-0.25, -0.2) is 4.39 Å². The number of Topliss-reactive ketones (excluding diaryl/α,β-unsaturated/α-hetero) is 1. The highest BCUT2D eigenvalue weighted by molar-refractivity contribution is 6.69. The summed E-state index contributed by atoms with van der Waals surface area (Å²) in [6, 6.07) is 0. The molecule has 4 fully saturated rings. The lowest BCUT2D eigenvalue weighted by molar-refractivity contribution is -0.243. The molecule has 5 aliphatic rings. The molecule has 0 amide bonds. The zero-order valence-electron chi connectivity index (χ0n) is 23.8. The maximum atomic E-state index is 18.2. The fourth-order valence-corrected chi connectivity index (χ4v) is 9.71. The van der Waals surface area contributed by atoms with E-state index in [1.54, 1.807) is 26.0 Å². The van der Waals surface area contributed by atoms with E-state index in [0.717, 1.165) is 5.57 Å². The molecule has 38 heavy (non-hydrogen) atoms. The molecule has 3 saturated carbocycles. The molecule has 1 saturated heterocycles.